The van der Waals surface area contributed by atoms with Crippen LogP contribution in [0, 0.1) is 23.6 Å². The number of ether oxygens (including phenoxy) is 2. The van der Waals surface area contributed by atoms with Crippen molar-refractivity contribution in [2.24, 2.45) is 17.8 Å². The van der Waals surface area contributed by atoms with Crippen LogP contribution in [0.25, 0.3) is 0 Å². The Bertz CT molecular complexity index is 619. The normalized spacial score (nSPS) is 28.5. The third kappa shape index (κ3) is 5.22. The summed E-state index contributed by atoms with van der Waals surface area (Å²) in [5.41, 5.74) is -0.370. The topological polar surface area (TPSA) is 18.5 Å². The number of halogens is 3. The SMILES string of the molecule is CCCC1CCC(c2ccc(OCC3CCC(C)CC3)c(C(F)F)c2F)OC1. The number of hydrogen-bond donors (Lipinski definition) is 0. The fourth-order valence-corrected chi connectivity index (χ4v) is 4.56. The second-order valence-electron chi connectivity index (χ2n) is 8.67. The molecule has 0 bridgehead atoms. The van der Waals surface area contributed by atoms with E-state index in [0.717, 1.165) is 50.9 Å². The Balaban J connectivity index is 1.68. The van der Waals surface area contributed by atoms with Gasteiger partial charge in [0.2, 0.25) is 0 Å². The van der Waals surface area contributed by atoms with Gasteiger partial charge >= 0.3 is 0 Å². The summed E-state index contributed by atoms with van der Waals surface area (Å²) in [5, 5.41) is 0. The van der Waals surface area contributed by atoms with Crippen LogP contribution in [0.3, 0.4) is 0 Å². The molecule has 2 aliphatic rings. The van der Waals surface area contributed by atoms with Gasteiger partial charge in [-0.05, 0) is 62.0 Å². The molecule has 5 heteroatoms. The molecule has 0 radical (unpaired) electrons. The predicted octanol–water partition coefficient (Wildman–Crippen LogP) is 7.24. The van der Waals surface area contributed by atoms with Crippen molar-refractivity contribution in [2.45, 2.75) is 77.7 Å². The van der Waals surface area contributed by atoms with Gasteiger partial charge in [-0.2, -0.15) is 0 Å². The van der Waals surface area contributed by atoms with Crippen LogP contribution in [0.4, 0.5) is 13.2 Å². The van der Waals surface area contributed by atoms with Crippen LogP contribution in [0.1, 0.15) is 88.9 Å². The Morgan fingerprint density at radius 3 is 2.39 bits per heavy atom. The maximum Gasteiger partial charge on any atom is 0.270 e. The molecule has 1 heterocycles. The molecule has 1 aromatic carbocycles. The smallest absolute Gasteiger partial charge is 0.270 e. The van der Waals surface area contributed by atoms with Crippen LogP contribution in [-0.4, -0.2) is 13.2 Å². The van der Waals surface area contributed by atoms with Gasteiger partial charge in [0, 0.05) is 5.56 Å². The number of hydrogen-bond acceptors (Lipinski definition) is 2. The zero-order valence-electron chi connectivity index (χ0n) is 17.1. The molecule has 2 atom stereocenters. The van der Waals surface area contributed by atoms with Gasteiger partial charge in [0.15, 0.2) is 0 Å². The number of alkyl halides is 2. The average molecular weight is 399 g/mol. The molecule has 1 saturated carbocycles. The quantitative estimate of drug-likeness (QED) is 0.482. The van der Waals surface area contributed by atoms with Gasteiger partial charge in [-0.3, -0.25) is 0 Å². The molecule has 0 spiro atoms. The molecule has 1 aliphatic carbocycles. The highest BCUT2D eigenvalue weighted by Gasteiger charge is 2.30. The van der Waals surface area contributed by atoms with E-state index < -0.39 is 23.9 Å². The van der Waals surface area contributed by atoms with Crippen molar-refractivity contribution in [2.75, 3.05) is 13.2 Å². The van der Waals surface area contributed by atoms with Crippen molar-refractivity contribution >= 4 is 0 Å². The van der Waals surface area contributed by atoms with E-state index in [1.165, 1.54) is 6.07 Å². The third-order valence-corrected chi connectivity index (χ3v) is 6.41. The van der Waals surface area contributed by atoms with E-state index in [1.54, 1.807) is 6.07 Å². The fourth-order valence-electron chi connectivity index (χ4n) is 4.56. The van der Waals surface area contributed by atoms with E-state index in [4.69, 9.17) is 9.47 Å². The molecule has 1 aliphatic heterocycles. The lowest BCUT2D eigenvalue weighted by Gasteiger charge is -2.30. The van der Waals surface area contributed by atoms with Crippen molar-refractivity contribution < 1.29 is 22.6 Å². The molecule has 0 amide bonds. The summed E-state index contributed by atoms with van der Waals surface area (Å²) in [7, 11) is 0. The molecule has 2 fully saturated rings. The van der Waals surface area contributed by atoms with E-state index in [0.29, 0.717) is 31.5 Å². The second kappa shape index (κ2) is 10.00. The summed E-state index contributed by atoms with van der Waals surface area (Å²) in [6.07, 6.45) is 4.81. The molecule has 28 heavy (non-hydrogen) atoms. The van der Waals surface area contributed by atoms with E-state index in [2.05, 4.69) is 13.8 Å². The summed E-state index contributed by atoms with van der Waals surface area (Å²) < 4.78 is 53.8. The molecule has 158 valence electrons. The first-order valence-corrected chi connectivity index (χ1v) is 10.8. The zero-order valence-corrected chi connectivity index (χ0v) is 17.1. The first-order chi connectivity index (χ1) is 13.5. The van der Waals surface area contributed by atoms with Crippen molar-refractivity contribution in [3.05, 3.63) is 29.1 Å². The second-order valence-corrected chi connectivity index (χ2v) is 8.67. The summed E-state index contributed by atoms with van der Waals surface area (Å²) in [5.74, 6) is 0.691. The summed E-state index contributed by atoms with van der Waals surface area (Å²) in [6.45, 7) is 5.31. The van der Waals surface area contributed by atoms with Crippen LogP contribution in [-0.2, 0) is 4.74 Å². The molecule has 2 unspecified atom stereocenters. The van der Waals surface area contributed by atoms with Crippen LogP contribution in [0.5, 0.6) is 5.75 Å². The van der Waals surface area contributed by atoms with Gasteiger partial charge in [0.25, 0.3) is 6.43 Å². The molecule has 0 N–H and O–H groups in total. The van der Waals surface area contributed by atoms with Gasteiger partial charge in [-0.25, -0.2) is 13.2 Å². The first-order valence-electron chi connectivity index (χ1n) is 10.8. The Kier molecular flexibility index (Phi) is 7.67. The summed E-state index contributed by atoms with van der Waals surface area (Å²) in [4.78, 5) is 0. The van der Waals surface area contributed by atoms with E-state index in [1.807, 2.05) is 0 Å². The van der Waals surface area contributed by atoms with Crippen LogP contribution in [0.2, 0.25) is 0 Å². The summed E-state index contributed by atoms with van der Waals surface area (Å²) in [6, 6.07) is 3.08. The lowest BCUT2D eigenvalue weighted by Crippen LogP contribution is -2.22. The standard InChI is InChI=1S/C23H33F3O2/c1-3-4-16-9-11-19(27-13-16)18-10-12-20(21(22(18)24)23(25)26)28-14-17-7-5-15(2)6-8-17/h10,12,15-17,19,23H,3-9,11,13-14H2,1-2H3. The Morgan fingerprint density at radius 1 is 1.07 bits per heavy atom. The molecule has 1 aromatic rings. The molecular formula is C23H33F3O2. The monoisotopic (exact) mass is 398 g/mol. The highest BCUT2D eigenvalue weighted by atomic mass is 19.3. The molecule has 1 saturated heterocycles. The van der Waals surface area contributed by atoms with Crippen LogP contribution >= 0.6 is 0 Å². The first kappa shape index (κ1) is 21.5. The van der Waals surface area contributed by atoms with Crippen molar-refractivity contribution in [1.82, 2.24) is 0 Å². The van der Waals surface area contributed by atoms with Gasteiger partial charge in [0.1, 0.15) is 11.6 Å². The zero-order chi connectivity index (χ0) is 20.1. The molecule has 3 rings (SSSR count). The van der Waals surface area contributed by atoms with Gasteiger partial charge in [-0.15, -0.1) is 0 Å². The van der Waals surface area contributed by atoms with Crippen molar-refractivity contribution in [1.29, 1.82) is 0 Å². The highest BCUT2D eigenvalue weighted by molar-refractivity contribution is 5.41. The maximum atomic E-state index is 15.0. The van der Waals surface area contributed by atoms with E-state index in [9.17, 15) is 13.2 Å². The minimum Gasteiger partial charge on any atom is -0.493 e. The fraction of sp³-hybridized carbons (Fsp3) is 0.739. The van der Waals surface area contributed by atoms with Crippen LogP contribution in [0.15, 0.2) is 12.1 Å². The molecular weight excluding hydrogens is 365 g/mol. The minimum atomic E-state index is -2.90. The van der Waals surface area contributed by atoms with Gasteiger partial charge < -0.3 is 9.47 Å². The molecule has 0 aromatic heterocycles. The predicted molar refractivity (Wildman–Crippen MR) is 104 cm³/mol. The lowest BCUT2D eigenvalue weighted by molar-refractivity contribution is -0.0215. The van der Waals surface area contributed by atoms with Crippen molar-refractivity contribution in [3.8, 4) is 5.75 Å². The van der Waals surface area contributed by atoms with Gasteiger partial charge in [0.05, 0.1) is 24.9 Å². The summed E-state index contributed by atoms with van der Waals surface area (Å²) >= 11 is 0. The van der Waals surface area contributed by atoms with Gasteiger partial charge in [-0.1, -0.05) is 33.1 Å². The average Bonchev–Trinajstić information content (AvgIpc) is 2.68. The number of rotatable bonds is 7. The highest BCUT2D eigenvalue weighted by Crippen LogP contribution is 2.40. The van der Waals surface area contributed by atoms with Crippen LogP contribution < -0.4 is 4.74 Å². The Hall–Kier alpha value is -1.23. The minimum absolute atomic E-state index is 0.0189. The maximum absolute atomic E-state index is 15.0. The Labute approximate surface area is 166 Å². The van der Waals surface area contributed by atoms with Crippen molar-refractivity contribution in [3.63, 3.8) is 0 Å². The third-order valence-electron chi connectivity index (χ3n) is 6.41. The largest absolute Gasteiger partial charge is 0.493 e. The molecule has 2 nitrogen and oxygen atoms in total. The number of benzene rings is 1. The van der Waals surface area contributed by atoms with E-state index >= 15 is 0 Å². The van der Waals surface area contributed by atoms with E-state index in [-0.39, 0.29) is 11.3 Å². The lowest BCUT2D eigenvalue weighted by atomic mass is 9.83. The Morgan fingerprint density at radius 2 is 1.79 bits per heavy atom.